The van der Waals surface area contributed by atoms with Gasteiger partial charge < -0.3 is 25.2 Å². The first-order valence-corrected chi connectivity index (χ1v) is 9.59. The third-order valence-electron chi connectivity index (χ3n) is 5.55. The Balaban J connectivity index is 1.41. The predicted octanol–water partition coefficient (Wildman–Crippen LogP) is 0.322. The fourth-order valence-electron chi connectivity index (χ4n) is 3.76. The van der Waals surface area contributed by atoms with Gasteiger partial charge in [0.05, 0.1) is 11.8 Å². The highest BCUT2D eigenvalue weighted by Crippen LogP contribution is 2.32. The maximum Gasteiger partial charge on any atom is 0.257 e. The highest BCUT2D eigenvalue weighted by atomic mass is 16.5. The summed E-state index contributed by atoms with van der Waals surface area (Å²) in [6.07, 6.45) is 3.09. The van der Waals surface area contributed by atoms with Gasteiger partial charge in [-0.2, -0.15) is 5.10 Å². The molecule has 2 amide bonds. The fraction of sp³-hybridized carbons (Fsp3) is 0.450. The van der Waals surface area contributed by atoms with Crippen molar-refractivity contribution in [1.82, 2.24) is 14.7 Å². The largest absolute Gasteiger partial charge is 0.490 e. The summed E-state index contributed by atoms with van der Waals surface area (Å²) in [5, 5.41) is 28.3. The van der Waals surface area contributed by atoms with Crippen LogP contribution in [-0.4, -0.2) is 68.1 Å². The van der Waals surface area contributed by atoms with Gasteiger partial charge in [0.2, 0.25) is 5.91 Å². The van der Waals surface area contributed by atoms with E-state index in [2.05, 4.69) is 10.4 Å². The Kier molecular flexibility index (Phi) is 5.01. The van der Waals surface area contributed by atoms with E-state index in [0.717, 1.165) is 5.56 Å². The van der Waals surface area contributed by atoms with E-state index in [0.29, 0.717) is 36.4 Å². The number of likely N-dealkylation sites (tertiary alicyclic amines) is 1. The second-order valence-corrected chi connectivity index (χ2v) is 7.64. The third kappa shape index (κ3) is 3.83. The van der Waals surface area contributed by atoms with Gasteiger partial charge in [0.1, 0.15) is 24.1 Å². The first-order chi connectivity index (χ1) is 13.9. The number of hydrogen-bond acceptors (Lipinski definition) is 6. The van der Waals surface area contributed by atoms with Crippen LogP contribution in [0.15, 0.2) is 30.6 Å². The molecule has 1 aromatic carbocycles. The van der Waals surface area contributed by atoms with Crippen molar-refractivity contribution in [2.75, 3.05) is 25.0 Å². The van der Waals surface area contributed by atoms with Gasteiger partial charge in [0.25, 0.3) is 5.91 Å². The number of aryl methyl sites for hydroxylation is 1. The number of amides is 2. The molecule has 29 heavy (non-hydrogen) atoms. The zero-order chi connectivity index (χ0) is 20.6. The van der Waals surface area contributed by atoms with Crippen molar-refractivity contribution in [3.8, 4) is 5.75 Å². The Labute approximate surface area is 167 Å². The van der Waals surface area contributed by atoms with Crippen LogP contribution in [0.1, 0.15) is 28.8 Å². The molecule has 4 rings (SSSR count). The molecule has 0 radical (unpaired) electrons. The zero-order valence-corrected chi connectivity index (χ0v) is 16.2. The highest BCUT2D eigenvalue weighted by molar-refractivity contribution is 5.94. The summed E-state index contributed by atoms with van der Waals surface area (Å²) >= 11 is 0. The number of hydrogen-bond donors (Lipinski definition) is 3. The van der Waals surface area contributed by atoms with Crippen molar-refractivity contribution in [2.45, 2.75) is 31.0 Å². The molecule has 1 fully saturated rings. The molecule has 154 valence electrons. The van der Waals surface area contributed by atoms with Crippen molar-refractivity contribution in [3.63, 3.8) is 0 Å². The molecule has 0 bridgehead atoms. The van der Waals surface area contributed by atoms with Crippen molar-refractivity contribution in [2.24, 2.45) is 7.05 Å². The van der Waals surface area contributed by atoms with Crippen LogP contribution in [-0.2, 0) is 18.3 Å². The topological polar surface area (TPSA) is 117 Å². The minimum absolute atomic E-state index is 0.0105. The van der Waals surface area contributed by atoms with Crippen molar-refractivity contribution in [3.05, 3.63) is 41.7 Å². The number of anilines is 1. The second kappa shape index (κ2) is 7.49. The molecule has 0 aliphatic carbocycles. The van der Waals surface area contributed by atoms with Crippen LogP contribution in [0, 0.1) is 0 Å². The molecular weight excluding hydrogens is 376 g/mol. The molecule has 0 unspecified atom stereocenters. The minimum atomic E-state index is -1.47. The first-order valence-electron chi connectivity index (χ1n) is 9.59. The lowest BCUT2D eigenvalue weighted by Gasteiger charge is -2.41. The molecule has 2 aromatic rings. The standard InChI is InChI=1S/C20H24N4O5/c1-23-10-13(9-21-23)19(27)24-8-7-20(28,17(25)11-24)12-29-16-4-2-3-15-14(16)5-6-18(26)22-15/h2-4,9-10,17,25,28H,5-8,11-12H2,1H3,(H,22,26)/t17-,20-/m1/s1. The summed E-state index contributed by atoms with van der Waals surface area (Å²) in [4.78, 5) is 25.6. The Bertz CT molecular complexity index is 943. The maximum atomic E-state index is 12.6. The summed E-state index contributed by atoms with van der Waals surface area (Å²) in [6.45, 7) is 0.206. The average Bonchev–Trinajstić information content (AvgIpc) is 3.14. The summed E-state index contributed by atoms with van der Waals surface area (Å²) in [6, 6.07) is 5.37. The molecule has 2 aliphatic heterocycles. The Morgan fingerprint density at radius 3 is 2.97 bits per heavy atom. The molecule has 0 saturated carbocycles. The van der Waals surface area contributed by atoms with E-state index in [1.807, 2.05) is 6.07 Å². The van der Waals surface area contributed by atoms with Gasteiger partial charge in [-0.3, -0.25) is 14.3 Å². The lowest BCUT2D eigenvalue weighted by Crippen LogP contribution is -2.59. The number of nitrogens with zero attached hydrogens (tertiary/aromatic N) is 3. The van der Waals surface area contributed by atoms with Crippen molar-refractivity contribution in [1.29, 1.82) is 0 Å². The summed E-state index contributed by atoms with van der Waals surface area (Å²) < 4.78 is 7.40. The average molecular weight is 400 g/mol. The molecule has 9 nitrogen and oxygen atoms in total. The second-order valence-electron chi connectivity index (χ2n) is 7.64. The number of benzene rings is 1. The Morgan fingerprint density at radius 1 is 1.41 bits per heavy atom. The van der Waals surface area contributed by atoms with E-state index in [1.54, 1.807) is 30.1 Å². The van der Waals surface area contributed by atoms with Gasteiger partial charge in [0.15, 0.2) is 0 Å². The number of aliphatic hydroxyl groups is 2. The quantitative estimate of drug-likeness (QED) is 0.681. The summed E-state index contributed by atoms with van der Waals surface area (Å²) in [7, 11) is 1.73. The van der Waals surface area contributed by atoms with Gasteiger partial charge in [-0.1, -0.05) is 6.07 Å². The molecule has 3 N–H and O–H groups in total. The SMILES string of the molecule is Cn1cc(C(=O)N2CC[C@@](O)(COc3cccc4c3CCC(=O)N4)[C@H](O)C2)cn1. The van der Waals surface area contributed by atoms with E-state index in [-0.39, 0.29) is 31.4 Å². The molecule has 1 saturated heterocycles. The number of piperidine rings is 1. The summed E-state index contributed by atoms with van der Waals surface area (Å²) in [5.74, 6) is 0.319. The van der Waals surface area contributed by atoms with Crippen LogP contribution in [0.3, 0.4) is 0 Å². The van der Waals surface area contributed by atoms with Crippen LogP contribution >= 0.6 is 0 Å². The van der Waals surface area contributed by atoms with Gasteiger partial charge in [-0.15, -0.1) is 0 Å². The molecule has 2 aliphatic rings. The number of aromatic nitrogens is 2. The van der Waals surface area contributed by atoms with E-state index < -0.39 is 11.7 Å². The molecular formula is C20H24N4O5. The Morgan fingerprint density at radius 2 is 2.24 bits per heavy atom. The van der Waals surface area contributed by atoms with Crippen molar-refractivity contribution >= 4 is 17.5 Å². The maximum absolute atomic E-state index is 12.6. The zero-order valence-electron chi connectivity index (χ0n) is 16.2. The lowest BCUT2D eigenvalue weighted by atomic mass is 9.89. The van der Waals surface area contributed by atoms with Crippen LogP contribution in [0.25, 0.3) is 0 Å². The number of fused-ring (bicyclic) bond motifs is 1. The Hall–Kier alpha value is -2.91. The van der Waals surface area contributed by atoms with Gasteiger partial charge in [-0.25, -0.2) is 0 Å². The molecule has 1 aromatic heterocycles. The lowest BCUT2D eigenvalue weighted by molar-refractivity contribution is -0.131. The molecule has 9 heteroatoms. The van der Waals surface area contributed by atoms with Crippen LogP contribution in [0.2, 0.25) is 0 Å². The number of carbonyl (C=O) groups is 2. The van der Waals surface area contributed by atoms with Crippen molar-refractivity contribution < 1.29 is 24.5 Å². The molecule has 0 spiro atoms. The highest BCUT2D eigenvalue weighted by Gasteiger charge is 2.43. The monoisotopic (exact) mass is 400 g/mol. The number of nitrogens with one attached hydrogen (secondary N) is 1. The van der Waals surface area contributed by atoms with Gasteiger partial charge in [-0.05, 0) is 25.0 Å². The van der Waals surface area contributed by atoms with Gasteiger partial charge in [0, 0.05) is 44.0 Å². The smallest absolute Gasteiger partial charge is 0.257 e. The van der Waals surface area contributed by atoms with E-state index in [9.17, 15) is 19.8 Å². The number of aliphatic hydroxyl groups excluding tert-OH is 1. The van der Waals surface area contributed by atoms with Crippen LogP contribution in [0.4, 0.5) is 5.69 Å². The molecule has 2 atom stereocenters. The number of rotatable bonds is 4. The molecule has 3 heterocycles. The van der Waals surface area contributed by atoms with Crippen LogP contribution in [0.5, 0.6) is 5.75 Å². The number of carbonyl (C=O) groups excluding carboxylic acids is 2. The number of β-amino-alcohol motifs (C(OH)–C–C–N with tert-alkyl or cyclic N) is 1. The fourth-order valence-corrected chi connectivity index (χ4v) is 3.76. The third-order valence-corrected chi connectivity index (χ3v) is 5.55. The summed E-state index contributed by atoms with van der Waals surface area (Å²) in [5.41, 5.74) is 0.573. The van der Waals surface area contributed by atoms with E-state index >= 15 is 0 Å². The van der Waals surface area contributed by atoms with E-state index in [1.165, 1.54) is 11.1 Å². The minimum Gasteiger partial charge on any atom is -0.490 e. The van der Waals surface area contributed by atoms with E-state index in [4.69, 9.17) is 4.74 Å². The number of ether oxygens (including phenoxy) is 1. The normalized spacial score (nSPS) is 24.0. The first kappa shape index (κ1) is 19.4. The predicted molar refractivity (Wildman–Crippen MR) is 104 cm³/mol. The van der Waals surface area contributed by atoms with Crippen LogP contribution < -0.4 is 10.1 Å². The van der Waals surface area contributed by atoms with Gasteiger partial charge >= 0.3 is 0 Å².